The highest BCUT2D eigenvalue weighted by molar-refractivity contribution is 5.90. The van der Waals surface area contributed by atoms with Crippen LogP contribution in [0.2, 0.25) is 0 Å². The molecule has 0 fully saturated rings. The molecule has 0 saturated heterocycles. The first-order valence-corrected chi connectivity index (χ1v) is 14.2. The Labute approximate surface area is 230 Å². The molecule has 0 amide bonds. The molecule has 2 aromatic rings. The number of allylic oxidation sites excluding steroid dienone is 5. The molecule has 38 heavy (non-hydrogen) atoms. The standard InChI is InChI=1S/C37H45N/c1-12-28-14-16-29(17-15-28)30-18-13-21(2)32-23(4)34-26(7)37(11)25(6)33(27(8)38)22(3)24(5)36(37,10)20-35(34,9)19-31(30)32/h13-18,24H,4,6,8,12,19-20,38H2,1-3,5,7,9-11H3. The molecule has 1 heteroatoms. The highest BCUT2D eigenvalue weighted by Crippen LogP contribution is 2.71. The number of hydrogen-bond acceptors (Lipinski definition) is 1. The van der Waals surface area contributed by atoms with Gasteiger partial charge in [0.2, 0.25) is 0 Å². The maximum absolute atomic E-state index is 6.39. The third-order valence-electron chi connectivity index (χ3n) is 11.2. The smallest absolute Gasteiger partial charge is 0.0317 e. The van der Waals surface area contributed by atoms with Crippen molar-refractivity contribution in [2.24, 2.45) is 27.9 Å². The third kappa shape index (κ3) is 3.23. The second kappa shape index (κ2) is 8.47. The lowest BCUT2D eigenvalue weighted by Crippen LogP contribution is -2.55. The Bertz CT molecular complexity index is 1480. The Morgan fingerprint density at radius 3 is 2.21 bits per heavy atom. The van der Waals surface area contributed by atoms with E-state index in [4.69, 9.17) is 18.9 Å². The first-order valence-electron chi connectivity index (χ1n) is 14.2. The molecule has 0 aromatic heterocycles. The summed E-state index contributed by atoms with van der Waals surface area (Å²) in [6, 6.07) is 13.8. The Kier molecular flexibility index (Phi) is 5.92. The monoisotopic (exact) mass is 503 g/mol. The summed E-state index contributed by atoms with van der Waals surface area (Å²) in [7, 11) is 0. The number of hydrogen-bond donors (Lipinski definition) is 1. The van der Waals surface area contributed by atoms with Gasteiger partial charge in [-0.25, -0.2) is 0 Å². The molecular weight excluding hydrogens is 458 g/mol. The highest BCUT2D eigenvalue weighted by Gasteiger charge is 2.62. The molecule has 2 N–H and O–H groups in total. The molecular formula is C37H45N. The van der Waals surface area contributed by atoms with Gasteiger partial charge in [-0.3, -0.25) is 0 Å². The number of fused-ring (bicyclic) bond motifs is 3. The molecule has 0 bridgehead atoms. The van der Waals surface area contributed by atoms with E-state index in [-0.39, 0.29) is 16.2 Å². The molecule has 0 heterocycles. The lowest BCUT2D eigenvalue weighted by Gasteiger charge is -2.64. The van der Waals surface area contributed by atoms with Gasteiger partial charge in [-0.2, -0.15) is 0 Å². The van der Waals surface area contributed by atoms with Crippen molar-refractivity contribution < 1.29 is 0 Å². The van der Waals surface area contributed by atoms with Crippen LogP contribution in [0, 0.1) is 29.1 Å². The van der Waals surface area contributed by atoms with Gasteiger partial charge in [0.15, 0.2) is 0 Å². The third-order valence-corrected chi connectivity index (χ3v) is 11.2. The van der Waals surface area contributed by atoms with Crippen molar-refractivity contribution in [3.63, 3.8) is 0 Å². The molecule has 4 unspecified atom stereocenters. The zero-order chi connectivity index (χ0) is 27.9. The van der Waals surface area contributed by atoms with Crippen LogP contribution in [0.5, 0.6) is 0 Å². The van der Waals surface area contributed by atoms with Gasteiger partial charge < -0.3 is 5.73 Å². The lowest BCUT2D eigenvalue weighted by molar-refractivity contribution is 0.0142. The van der Waals surface area contributed by atoms with Crippen LogP contribution >= 0.6 is 0 Å². The van der Waals surface area contributed by atoms with Crippen molar-refractivity contribution in [1.29, 1.82) is 0 Å². The van der Waals surface area contributed by atoms with Crippen molar-refractivity contribution in [3.8, 4) is 11.1 Å². The summed E-state index contributed by atoms with van der Waals surface area (Å²) >= 11 is 0. The minimum atomic E-state index is -0.222. The molecule has 0 spiro atoms. The first kappa shape index (κ1) is 26.5. The summed E-state index contributed by atoms with van der Waals surface area (Å²) < 4.78 is 0. The number of nitrogens with two attached hydrogens (primary N) is 1. The lowest BCUT2D eigenvalue weighted by atomic mass is 9.39. The second-order valence-electron chi connectivity index (χ2n) is 13.1. The van der Waals surface area contributed by atoms with Crippen LogP contribution in [0.25, 0.3) is 16.7 Å². The molecule has 3 aliphatic rings. The van der Waals surface area contributed by atoms with Crippen LogP contribution in [-0.4, -0.2) is 0 Å². The van der Waals surface area contributed by atoms with E-state index in [2.05, 4.69) is 98.4 Å². The van der Waals surface area contributed by atoms with E-state index >= 15 is 0 Å². The molecule has 3 aliphatic carbocycles. The van der Waals surface area contributed by atoms with Gasteiger partial charge in [-0.05, 0) is 112 Å². The normalized spacial score (nSPS) is 30.7. The van der Waals surface area contributed by atoms with Crippen LogP contribution in [0.15, 0.2) is 89.7 Å². The largest absolute Gasteiger partial charge is 0.399 e. The van der Waals surface area contributed by atoms with Gasteiger partial charge in [-0.15, -0.1) is 0 Å². The molecule has 0 aliphatic heterocycles. The van der Waals surface area contributed by atoms with E-state index in [1.54, 1.807) is 0 Å². The van der Waals surface area contributed by atoms with E-state index in [9.17, 15) is 0 Å². The van der Waals surface area contributed by atoms with E-state index in [0.717, 1.165) is 30.4 Å². The topological polar surface area (TPSA) is 26.0 Å². The predicted molar refractivity (Wildman–Crippen MR) is 165 cm³/mol. The van der Waals surface area contributed by atoms with E-state index in [0.29, 0.717) is 11.6 Å². The van der Waals surface area contributed by atoms with E-state index in [1.165, 1.54) is 55.7 Å². The van der Waals surface area contributed by atoms with Gasteiger partial charge in [0.05, 0.1) is 0 Å². The summed E-state index contributed by atoms with van der Waals surface area (Å²) in [6.07, 6.45) is 3.15. The first-order chi connectivity index (χ1) is 17.7. The maximum atomic E-state index is 6.39. The fraction of sp³-hybridized carbons (Fsp3) is 0.405. The number of benzene rings is 2. The van der Waals surface area contributed by atoms with Gasteiger partial charge in [0, 0.05) is 11.1 Å². The fourth-order valence-electron chi connectivity index (χ4n) is 8.81. The number of rotatable bonds is 3. The predicted octanol–water partition coefficient (Wildman–Crippen LogP) is 9.53. The molecule has 0 radical (unpaired) electrons. The minimum Gasteiger partial charge on any atom is -0.399 e. The maximum Gasteiger partial charge on any atom is 0.0317 e. The molecule has 1 nitrogen and oxygen atoms in total. The van der Waals surface area contributed by atoms with E-state index < -0.39 is 0 Å². The Morgan fingerprint density at radius 1 is 1.00 bits per heavy atom. The summed E-state index contributed by atoms with van der Waals surface area (Å²) in [5.74, 6) is 0.356. The van der Waals surface area contributed by atoms with Gasteiger partial charge >= 0.3 is 0 Å². The number of aryl methyl sites for hydroxylation is 2. The van der Waals surface area contributed by atoms with Crippen molar-refractivity contribution in [2.75, 3.05) is 0 Å². The summed E-state index contributed by atoms with van der Waals surface area (Å²) in [5, 5.41) is 0. The SMILES string of the molecule is C=C(N)C1=C(C)C(C)C2(C)CC3(C)Cc4c(-c5ccc(CC)cc5)ccc(C)c4C(=C)C3=C(C)C2(C)C1=C. The van der Waals surface area contributed by atoms with Crippen LogP contribution in [0.3, 0.4) is 0 Å². The zero-order valence-corrected chi connectivity index (χ0v) is 24.9. The Balaban J connectivity index is 1.77. The van der Waals surface area contributed by atoms with Crippen LogP contribution in [-0.2, 0) is 12.8 Å². The Morgan fingerprint density at radius 2 is 1.63 bits per heavy atom. The van der Waals surface area contributed by atoms with Crippen molar-refractivity contribution in [3.05, 3.63) is 112 Å². The summed E-state index contributed by atoms with van der Waals surface area (Å²) in [5.41, 5.74) is 22.5. The average Bonchev–Trinajstić information content (AvgIpc) is 2.85. The quantitative estimate of drug-likeness (QED) is 0.443. The fourth-order valence-corrected chi connectivity index (χ4v) is 8.81. The molecule has 2 aromatic carbocycles. The van der Waals surface area contributed by atoms with Crippen molar-refractivity contribution in [2.45, 2.75) is 74.7 Å². The molecule has 198 valence electrons. The van der Waals surface area contributed by atoms with Gasteiger partial charge in [0.1, 0.15) is 0 Å². The highest BCUT2D eigenvalue weighted by atomic mass is 14.7. The second-order valence-corrected chi connectivity index (χ2v) is 13.1. The molecule has 5 rings (SSSR count). The average molecular weight is 504 g/mol. The molecule has 0 saturated carbocycles. The van der Waals surface area contributed by atoms with Crippen LogP contribution in [0.4, 0.5) is 0 Å². The van der Waals surface area contributed by atoms with Gasteiger partial charge in [0.25, 0.3) is 0 Å². The van der Waals surface area contributed by atoms with Crippen LogP contribution in [0.1, 0.15) is 77.1 Å². The Hall–Kier alpha value is -3.06. The summed E-state index contributed by atoms with van der Waals surface area (Å²) in [6.45, 7) is 32.5. The van der Waals surface area contributed by atoms with Crippen LogP contribution < -0.4 is 5.73 Å². The zero-order valence-electron chi connectivity index (χ0n) is 24.9. The minimum absolute atomic E-state index is 0.00000404. The van der Waals surface area contributed by atoms with Crippen molar-refractivity contribution >= 4 is 5.57 Å². The molecule has 4 atom stereocenters. The van der Waals surface area contributed by atoms with Crippen molar-refractivity contribution in [1.82, 2.24) is 0 Å². The van der Waals surface area contributed by atoms with E-state index in [1.807, 2.05) is 0 Å². The summed E-state index contributed by atoms with van der Waals surface area (Å²) in [4.78, 5) is 0. The van der Waals surface area contributed by atoms with Gasteiger partial charge in [-0.1, -0.05) is 102 Å².